The lowest BCUT2D eigenvalue weighted by molar-refractivity contribution is -0.153. The van der Waals surface area contributed by atoms with E-state index in [-0.39, 0.29) is 24.6 Å². The van der Waals surface area contributed by atoms with Gasteiger partial charge in [-0.05, 0) is 31.5 Å². The number of hydrogen-bond donors (Lipinski definition) is 1. The number of hydrogen-bond acceptors (Lipinski definition) is 3. The molecule has 136 valence electrons. The molecule has 0 radical (unpaired) electrons. The van der Waals surface area contributed by atoms with Gasteiger partial charge in [-0.2, -0.15) is 18.3 Å². The normalized spacial score (nSPS) is 11.4. The number of alkyl halides is 3. The molecule has 1 amide bonds. The Labute approximate surface area is 143 Å². The lowest BCUT2D eigenvalue weighted by Gasteiger charge is -2.10. The fourth-order valence-electron chi connectivity index (χ4n) is 2.37. The van der Waals surface area contributed by atoms with Crippen molar-refractivity contribution in [1.29, 1.82) is 0 Å². The average Bonchev–Trinajstić information content (AvgIpc) is 2.77. The summed E-state index contributed by atoms with van der Waals surface area (Å²) in [4.78, 5) is 12.1. The van der Waals surface area contributed by atoms with Gasteiger partial charge < -0.3 is 10.1 Å². The van der Waals surface area contributed by atoms with E-state index in [0.717, 1.165) is 22.5 Å². The molecular weight excluding hydrogens is 335 g/mol. The summed E-state index contributed by atoms with van der Waals surface area (Å²) in [5.41, 5.74) is 3.43. The summed E-state index contributed by atoms with van der Waals surface area (Å²) in [6.45, 7) is 2.72. The Balaban J connectivity index is 1.85. The smallest absolute Gasteiger partial charge is 0.422 e. The molecular formula is C17H20F3N3O2. The Kier molecular flexibility index (Phi) is 5.71. The van der Waals surface area contributed by atoms with Crippen LogP contribution in [0.15, 0.2) is 24.3 Å². The van der Waals surface area contributed by atoms with Gasteiger partial charge in [0.1, 0.15) is 5.75 Å². The number of halogens is 3. The number of carbonyl (C=O) groups excluding carboxylic acids is 1. The van der Waals surface area contributed by atoms with Crippen LogP contribution >= 0.6 is 0 Å². The number of carbonyl (C=O) groups is 1. The van der Waals surface area contributed by atoms with E-state index in [1.807, 2.05) is 20.9 Å². The molecule has 0 spiro atoms. The lowest BCUT2D eigenvalue weighted by atomic mass is 10.1. The number of rotatable bonds is 6. The first-order chi connectivity index (χ1) is 11.7. The fraction of sp³-hybridized carbons (Fsp3) is 0.412. The van der Waals surface area contributed by atoms with Gasteiger partial charge in [0.05, 0.1) is 12.1 Å². The Morgan fingerprint density at radius 3 is 2.40 bits per heavy atom. The fourth-order valence-corrected chi connectivity index (χ4v) is 2.37. The molecule has 2 aromatic rings. The minimum Gasteiger partial charge on any atom is -0.484 e. The average molecular weight is 355 g/mol. The lowest BCUT2D eigenvalue weighted by Crippen LogP contribution is -2.25. The van der Waals surface area contributed by atoms with Gasteiger partial charge in [-0.1, -0.05) is 12.1 Å². The molecule has 0 saturated carbocycles. The third kappa shape index (κ3) is 5.51. The van der Waals surface area contributed by atoms with Gasteiger partial charge in [-0.3, -0.25) is 9.48 Å². The van der Waals surface area contributed by atoms with Gasteiger partial charge >= 0.3 is 6.18 Å². The molecule has 0 saturated heterocycles. The maximum atomic E-state index is 12.1. The first kappa shape index (κ1) is 18.8. The highest BCUT2D eigenvalue weighted by atomic mass is 19.4. The van der Waals surface area contributed by atoms with Crippen molar-refractivity contribution in [1.82, 2.24) is 15.1 Å². The van der Waals surface area contributed by atoms with Crippen molar-refractivity contribution in [3.8, 4) is 5.75 Å². The molecule has 0 aliphatic rings. The maximum Gasteiger partial charge on any atom is 0.422 e. The second kappa shape index (κ2) is 7.58. The van der Waals surface area contributed by atoms with Crippen LogP contribution in [0.2, 0.25) is 0 Å². The van der Waals surface area contributed by atoms with E-state index in [2.05, 4.69) is 15.2 Å². The van der Waals surface area contributed by atoms with Gasteiger partial charge in [0.15, 0.2) is 6.61 Å². The minimum atomic E-state index is -4.37. The molecule has 0 aliphatic carbocycles. The summed E-state index contributed by atoms with van der Waals surface area (Å²) in [6.07, 6.45) is -4.13. The zero-order valence-corrected chi connectivity index (χ0v) is 14.3. The zero-order chi connectivity index (χ0) is 18.6. The maximum absolute atomic E-state index is 12.1. The van der Waals surface area contributed by atoms with Crippen molar-refractivity contribution in [3.05, 3.63) is 46.8 Å². The molecule has 1 N–H and O–H groups in total. The van der Waals surface area contributed by atoms with Crippen molar-refractivity contribution in [2.24, 2.45) is 7.05 Å². The Hall–Kier alpha value is -2.51. The van der Waals surface area contributed by atoms with E-state index in [1.54, 1.807) is 16.8 Å². The van der Waals surface area contributed by atoms with Crippen LogP contribution in [0.3, 0.4) is 0 Å². The standard InChI is InChI=1S/C17H20F3N3O2/c1-11-15(12(2)23(3)22-11)8-16(24)21-9-13-4-6-14(7-5-13)25-10-17(18,19)20/h4-7H,8-10H2,1-3H3,(H,21,24). The van der Waals surface area contributed by atoms with Crippen molar-refractivity contribution in [2.75, 3.05) is 6.61 Å². The number of amides is 1. The molecule has 0 unspecified atom stereocenters. The van der Waals surface area contributed by atoms with E-state index < -0.39 is 12.8 Å². The number of aromatic nitrogens is 2. The van der Waals surface area contributed by atoms with Crippen LogP contribution in [0, 0.1) is 13.8 Å². The predicted octanol–water partition coefficient (Wildman–Crippen LogP) is 2.84. The van der Waals surface area contributed by atoms with Crippen molar-refractivity contribution >= 4 is 5.91 Å². The van der Waals surface area contributed by atoms with Gasteiger partial charge in [-0.15, -0.1) is 0 Å². The number of nitrogens with one attached hydrogen (secondary N) is 1. The zero-order valence-electron chi connectivity index (χ0n) is 14.3. The number of nitrogens with zero attached hydrogens (tertiary/aromatic N) is 2. The molecule has 0 aliphatic heterocycles. The molecule has 5 nitrogen and oxygen atoms in total. The van der Waals surface area contributed by atoms with E-state index in [1.165, 1.54) is 12.1 Å². The summed E-state index contributed by atoms with van der Waals surface area (Å²) in [6, 6.07) is 6.13. The summed E-state index contributed by atoms with van der Waals surface area (Å²) < 4.78 is 42.6. The number of benzene rings is 1. The first-order valence-corrected chi connectivity index (χ1v) is 7.70. The van der Waals surface area contributed by atoms with E-state index >= 15 is 0 Å². The van der Waals surface area contributed by atoms with Crippen LogP contribution in [0.4, 0.5) is 13.2 Å². The van der Waals surface area contributed by atoms with Gasteiger partial charge in [0, 0.05) is 24.8 Å². The molecule has 2 rings (SSSR count). The third-order valence-electron chi connectivity index (χ3n) is 3.81. The highest BCUT2D eigenvalue weighted by Gasteiger charge is 2.28. The predicted molar refractivity (Wildman–Crippen MR) is 86.2 cm³/mol. The van der Waals surface area contributed by atoms with Gasteiger partial charge in [0.25, 0.3) is 0 Å². The summed E-state index contributed by atoms with van der Waals surface area (Å²) in [5.74, 6) is -0.00870. The van der Waals surface area contributed by atoms with Gasteiger partial charge in [0.2, 0.25) is 5.91 Å². The van der Waals surface area contributed by atoms with E-state index in [4.69, 9.17) is 0 Å². The summed E-state index contributed by atoms with van der Waals surface area (Å²) in [7, 11) is 1.83. The summed E-state index contributed by atoms with van der Waals surface area (Å²) in [5, 5.41) is 7.06. The first-order valence-electron chi connectivity index (χ1n) is 7.70. The number of aryl methyl sites for hydroxylation is 2. The molecule has 8 heteroatoms. The molecule has 25 heavy (non-hydrogen) atoms. The second-order valence-electron chi connectivity index (χ2n) is 5.77. The monoisotopic (exact) mass is 355 g/mol. The third-order valence-corrected chi connectivity index (χ3v) is 3.81. The van der Waals surface area contributed by atoms with E-state index in [9.17, 15) is 18.0 Å². The SMILES string of the molecule is Cc1nn(C)c(C)c1CC(=O)NCc1ccc(OCC(F)(F)F)cc1. The van der Waals surface area contributed by atoms with E-state index in [0.29, 0.717) is 0 Å². The molecule has 1 aromatic heterocycles. The Morgan fingerprint density at radius 2 is 1.88 bits per heavy atom. The summed E-state index contributed by atoms with van der Waals surface area (Å²) >= 11 is 0. The van der Waals surface area contributed by atoms with Crippen LogP contribution in [-0.4, -0.2) is 28.5 Å². The van der Waals surface area contributed by atoms with Crippen molar-refractivity contribution < 1.29 is 22.7 Å². The van der Waals surface area contributed by atoms with Crippen LogP contribution in [0.1, 0.15) is 22.5 Å². The minimum absolute atomic E-state index is 0.133. The molecule has 1 aromatic carbocycles. The quantitative estimate of drug-likeness (QED) is 0.867. The van der Waals surface area contributed by atoms with Crippen LogP contribution < -0.4 is 10.1 Å². The highest BCUT2D eigenvalue weighted by Crippen LogP contribution is 2.19. The highest BCUT2D eigenvalue weighted by molar-refractivity contribution is 5.79. The van der Waals surface area contributed by atoms with Crippen LogP contribution in [0.25, 0.3) is 0 Å². The van der Waals surface area contributed by atoms with Crippen molar-refractivity contribution in [2.45, 2.75) is 33.0 Å². The Bertz CT molecular complexity index is 737. The molecule has 0 bridgehead atoms. The molecule has 0 fully saturated rings. The van der Waals surface area contributed by atoms with Crippen LogP contribution in [-0.2, 0) is 24.8 Å². The topological polar surface area (TPSA) is 56.2 Å². The van der Waals surface area contributed by atoms with Gasteiger partial charge in [-0.25, -0.2) is 0 Å². The molecule has 1 heterocycles. The van der Waals surface area contributed by atoms with Crippen LogP contribution in [0.5, 0.6) is 5.75 Å². The number of ether oxygens (including phenoxy) is 1. The molecule has 0 atom stereocenters. The second-order valence-corrected chi connectivity index (χ2v) is 5.77. The Morgan fingerprint density at radius 1 is 1.24 bits per heavy atom. The largest absolute Gasteiger partial charge is 0.484 e. The van der Waals surface area contributed by atoms with Crippen molar-refractivity contribution in [3.63, 3.8) is 0 Å².